The molecule has 4 heterocycles. The molecular formula is C16H20N4O2. The van der Waals surface area contributed by atoms with Crippen LogP contribution >= 0.6 is 0 Å². The lowest BCUT2D eigenvalue weighted by molar-refractivity contribution is 0.0927. The topological polar surface area (TPSA) is 54.6 Å². The van der Waals surface area contributed by atoms with Gasteiger partial charge < -0.3 is 9.15 Å². The molecule has 2 aromatic rings. The number of fused-ring (bicyclic) bond motifs is 1. The molecule has 2 aromatic heterocycles. The van der Waals surface area contributed by atoms with E-state index in [0.29, 0.717) is 6.04 Å². The summed E-state index contributed by atoms with van der Waals surface area (Å²) in [7, 11) is 0. The van der Waals surface area contributed by atoms with Gasteiger partial charge >= 0.3 is 0 Å². The lowest BCUT2D eigenvalue weighted by atomic mass is 10.1. The molecule has 0 unspecified atom stereocenters. The van der Waals surface area contributed by atoms with Gasteiger partial charge in [0.25, 0.3) is 0 Å². The molecule has 6 nitrogen and oxygen atoms in total. The summed E-state index contributed by atoms with van der Waals surface area (Å²) in [5.74, 6) is 1.81. The second-order valence-corrected chi connectivity index (χ2v) is 6.01. The third kappa shape index (κ3) is 2.98. The van der Waals surface area contributed by atoms with Crippen molar-refractivity contribution < 1.29 is 9.15 Å². The van der Waals surface area contributed by atoms with Crippen molar-refractivity contribution in [2.45, 2.75) is 25.1 Å². The Morgan fingerprint density at radius 1 is 1.23 bits per heavy atom. The molecule has 2 aliphatic rings. The Hall–Kier alpha value is -1.92. The van der Waals surface area contributed by atoms with E-state index in [1.54, 1.807) is 18.7 Å². The summed E-state index contributed by atoms with van der Waals surface area (Å²) in [6.45, 7) is 5.14. The zero-order chi connectivity index (χ0) is 14.8. The van der Waals surface area contributed by atoms with E-state index in [1.165, 1.54) is 6.33 Å². The minimum absolute atomic E-state index is 0.236. The number of hydrogen-bond donors (Lipinski definition) is 0. The van der Waals surface area contributed by atoms with Gasteiger partial charge in [-0.2, -0.15) is 0 Å². The van der Waals surface area contributed by atoms with Crippen LogP contribution in [0, 0.1) is 0 Å². The monoisotopic (exact) mass is 300 g/mol. The number of aromatic nitrogens is 2. The molecule has 0 saturated carbocycles. The highest BCUT2D eigenvalue weighted by Gasteiger charge is 2.37. The molecule has 2 aliphatic heterocycles. The molecule has 0 bridgehead atoms. The van der Waals surface area contributed by atoms with Crippen molar-refractivity contribution in [3.63, 3.8) is 0 Å². The molecule has 0 aliphatic carbocycles. The number of nitrogens with zero attached hydrogens (tertiary/aromatic N) is 4. The van der Waals surface area contributed by atoms with E-state index >= 15 is 0 Å². The molecule has 2 atom stereocenters. The number of furan rings is 1. The maximum atomic E-state index is 6.00. The van der Waals surface area contributed by atoms with Crippen molar-refractivity contribution in [3.05, 3.63) is 42.9 Å². The zero-order valence-electron chi connectivity index (χ0n) is 12.5. The molecule has 2 fully saturated rings. The lowest BCUT2D eigenvalue weighted by Gasteiger charge is -2.36. The Morgan fingerprint density at radius 3 is 2.95 bits per heavy atom. The van der Waals surface area contributed by atoms with Crippen LogP contribution in [0.3, 0.4) is 0 Å². The number of hydrogen-bond acceptors (Lipinski definition) is 6. The maximum Gasteiger partial charge on any atom is 0.156 e. The smallest absolute Gasteiger partial charge is 0.156 e. The van der Waals surface area contributed by atoms with Crippen LogP contribution in [0.2, 0.25) is 0 Å². The van der Waals surface area contributed by atoms with E-state index in [4.69, 9.17) is 9.15 Å². The van der Waals surface area contributed by atoms with Gasteiger partial charge in [-0.3, -0.25) is 9.80 Å². The molecule has 2 saturated heterocycles. The highest BCUT2D eigenvalue weighted by atomic mass is 16.5. The minimum atomic E-state index is 0.236. The van der Waals surface area contributed by atoms with Gasteiger partial charge in [-0.15, -0.1) is 0 Å². The first kappa shape index (κ1) is 13.7. The Balaban J connectivity index is 1.33. The Bertz CT molecular complexity index is 589. The van der Waals surface area contributed by atoms with E-state index in [2.05, 4.69) is 19.8 Å². The SMILES string of the molecule is c1coc(CN2CCN3C[C@@H](Oc4cncnc4)C[C@@H]3C2)c1. The van der Waals surface area contributed by atoms with Crippen molar-refractivity contribution in [2.75, 3.05) is 26.2 Å². The molecule has 6 heteroatoms. The van der Waals surface area contributed by atoms with Gasteiger partial charge in [0.05, 0.1) is 25.2 Å². The normalized spacial score (nSPS) is 26.0. The molecule has 0 N–H and O–H groups in total. The first-order valence-corrected chi connectivity index (χ1v) is 7.77. The van der Waals surface area contributed by atoms with Crippen LogP contribution < -0.4 is 4.74 Å². The standard InChI is InChI=1S/C16H20N4O2/c1-2-14(21-5-1)10-19-3-4-20-11-15(6-13(20)9-19)22-16-7-17-12-18-8-16/h1-2,5,7-8,12-13,15H,3-4,6,9-11H2/t13-,15+/m1/s1. The van der Waals surface area contributed by atoms with Crippen molar-refractivity contribution in [1.29, 1.82) is 0 Å². The summed E-state index contributed by atoms with van der Waals surface area (Å²) >= 11 is 0. The number of ether oxygens (including phenoxy) is 1. The number of rotatable bonds is 4. The molecule has 0 spiro atoms. The van der Waals surface area contributed by atoms with Gasteiger partial charge in [0.2, 0.25) is 0 Å². The predicted octanol–water partition coefficient (Wildman–Crippen LogP) is 1.41. The van der Waals surface area contributed by atoms with Crippen LogP contribution in [0.15, 0.2) is 41.5 Å². The summed E-state index contributed by atoms with van der Waals surface area (Å²) in [6, 6.07) is 4.56. The van der Waals surface area contributed by atoms with Gasteiger partial charge in [0, 0.05) is 38.6 Å². The molecule has 0 aromatic carbocycles. The quantitative estimate of drug-likeness (QED) is 0.851. The van der Waals surface area contributed by atoms with Gasteiger partial charge in [0.15, 0.2) is 5.75 Å². The van der Waals surface area contributed by atoms with Crippen LogP contribution in [0.1, 0.15) is 12.2 Å². The fourth-order valence-electron chi connectivity index (χ4n) is 3.45. The fourth-order valence-corrected chi connectivity index (χ4v) is 3.45. The summed E-state index contributed by atoms with van der Waals surface area (Å²) < 4.78 is 11.5. The first-order chi connectivity index (χ1) is 10.9. The highest BCUT2D eigenvalue weighted by Crippen LogP contribution is 2.26. The van der Waals surface area contributed by atoms with Crippen LogP contribution in [0.4, 0.5) is 0 Å². The Morgan fingerprint density at radius 2 is 2.14 bits per heavy atom. The molecule has 4 rings (SSSR count). The second kappa shape index (κ2) is 6.06. The summed E-state index contributed by atoms with van der Waals surface area (Å²) in [5, 5.41) is 0. The number of piperazine rings is 1. The molecule has 0 amide bonds. The molecule has 0 radical (unpaired) electrons. The third-order valence-electron chi connectivity index (χ3n) is 4.46. The minimum Gasteiger partial charge on any atom is -0.486 e. The van der Waals surface area contributed by atoms with Gasteiger partial charge in [-0.05, 0) is 12.1 Å². The fraction of sp³-hybridized carbons (Fsp3) is 0.500. The van der Waals surface area contributed by atoms with Gasteiger partial charge in [-0.25, -0.2) is 9.97 Å². The largest absolute Gasteiger partial charge is 0.486 e. The van der Waals surface area contributed by atoms with Gasteiger partial charge in [0.1, 0.15) is 18.2 Å². The van der Waals surface area contributed by atoms with Crippen molar-refractivity contribution in [3.8, 4) is 5.75 Å². The summed E-state index contributed by atoms with van der Waals surface area (Å²) in [5.41, 5.74) is 0. The van der Waals surface area contributed by atoms with Crippen LogP contribution in [0.5, 0.6) is 5.75 Å². The van der Waals surface area contributed by atoms with Gasteiger partial charge in [-0.1, -0.05) is 0 Å². The summed E-state index contributed by atoms with van der Waals surface area (Å²) in [4.78, 5) is 13.0. The molecule has 22 heavy (non-hydrogen) atoms. The Labute approximate surface area is 129 Å². The van der Waals surface area contributed by atoms with Crippen molar-refractivity contribution >= 4 is 0 Å². The lowest BCUT2D eigenvalue weighted by Crippen LogP contribution is -2.49. The predicted molar refractivity (Wildman–Crippen MR) is 80.4 cm³/mol. The van der Waals surface area contributed by atoms with Crippen LogP contribution in [0.25, 0.3) is 0 Å². The van der Waals surface area contributed by atoms with Crippen molar-refractivity contribution in [2.24, 2.45) is 0 Å². The van der Waals surface area contributed by atoms with E-state index in [0.717, 1.165) is 50.7 Å². The van der Waals surface area contributed by atoms with E-state index in [-0.39, 0.29) is 6.10 Å². The average Bonchev–Trinajstić information content (AvgIpc) is 3.17. The average molecular weight is 300 g/mol. The molecule has 116 valence electrons. The van der Waals surface area contributed by atoms with E-state index < -0.39 is 0 Å². The Kier molecular flexibility index (Phi) is 3.78. The van der Waals surface area contributed by atoms with E-state index in [9.17, 15) is 0 Å². The van der Waals surface area contributed by atoms with E-state index in [1.807, 2.05) is 12.1 Å². The first-order valence-electron chi connectivity index (χ1n) is 7.77. The molecular weight excluding hydrogens is 280 g/mol. The van der Waals surface area contributed by atoms with Crippen LogP contribution in [-0.4, -0.2) is 58.1 Å². The summed E-state index contributed by atoms with van der Waals surface area (Å²) in [6.07, 6.45) is 8.02. The third-order valence-corrected chi connectivity index (χ3v) is 4.46. The van der Waals surface area contributed by atoms with Crippen LogP contribution in [-0.2, 0) is 6.54 Å². The second-order valence-electron chi connectivity index (χ2n) is 6.01. The zero-order valence-corrected chi connectivity index (χ0v) is 12.5. The van der Waals surface area contributed by atoms with Crippen molar-refractivity contribution in [1.82, 2.24) is 19.8 Å². The highest BCUT2D eigenvalue weighted by molar-refractivity contribution is 5.11. The maximum absolute atomic E-state index is 6.00.